The third kappa shape index (κ3) is 4.55. The van der Waals surface area contributed by atoms with Crippen molar-refractivity contribution in [2.75, 3.05) is 38.1 Å². The Kier molecular flexibility index (Phi) is 6.10. The predicted molar refractivity (Wildman–Crippen MR) is 116 cm³/mol. The fourth-order valence-corrected chi connectivity index (χ4v) is 5.32. The number of aryl methyl sites for hydroxylation is 1. The third-order valence-electron chi connectivity index (χ3n) is 7.00. The van der Waals surface area contributed by atoms with Gasteiger partial charge in [-0.1, -0.05) is 0 Å². The Morgan fingerprint density at radius 1 is 1.33 bits per heavy atom. The number of aromatic nitrogens is 2. The molecule has 2 aliphatic rings. The van der Waals surface area contributed by atoms with Gasteiger partial charge in [0, 0.05) is 64.3 Å². The van der Waals surface area contributed by atoms with Crippen LogP contribution in [0.1, 0.15) is 29.5 Å². The topological polar surface area (TPSA) is 77.2 Å². The van der Waals surface area contributed by atoms with Gasteiger partial charge in [-0.2, -0.15) is 23.5 Å². The molecule has 2 fully saturated rings. The number of benzene rings is 1. The maximum Gasteiger partial charge on any atom is 0.417 e. The van der Waals surface area contributed by atoms with Crippen molar-refractivity contribution in [2.45, 2.75) is 25.6 Å². The smallest absolute Gasteiger partial charge is 0.371 e. The van der Waals surface area contributed by atoms with Gasteiger partial charge in [0.05, 0.1) is 29.3 Å². The van der Waals surface area contributed by atoms with Crippen LogP contribution in [-0.2, 0) is 24.6 Å². The molecule has 1 unspecified atom stereocenters. The van der Waals surface area contributed by atoms with Crippen LogP contribution in [-0.4, -0.2) is 53.8 Å². The fraction of sp³-hybridized carbons (Fsp3) is 0.522. The van der Waals surface area contributed by atoms with Gasteiger partial charge in [-0.25, -0.2) is 0 Å². The summed E-state index contributed by atoms with van der Waals surface area (Å²) >= 11 is 0. The Labute approximate surface area is 190 Å². The maximum atomic E-state index is 13.4. The first-order chi connectivity index (χ1) is 15.6. The van der Waals surface area contributed by atoms with E-state index < -0.39 is 11.7 Å². The molecule has 3 heterocycles. The number of anilines is 1. The van der Waals surface area contributed by atoms with Crippen molar-refractivity contribution in [2.24, 2.45) is 18.4 Å². The van der Waals surface area contributed by atoms with Crippen molar-refractivity contribution in [1.82, 2.24) is 20.0 Å². The lowest BCUT2D eigenvalue weighted by Gasteiger charge is -2.43. The van der Waals surface area contributed by atoms with Gasteiger partial charge < -0.3 is 10.2 Å². The van der Waals surface area contributed by atoms with Gasteiger partial charge in [-0.05, 0) is 36.5 Å². The van der Waals surface area contributed by atoms with Crippen molar-refractivity contribution >= 4 is 11.6 Å². The molecule has 4 rings (SSSR count). The van der Waals surface area contributed by atoms with Gasteiger partial charge in [0.2, 0.25) is 5.91 Å². The SMILES string of the molecule is CNC(=O)C1CN(Cc2cnn(C)c2)CC12CCN(c1ccc(C#N)c(C(F)(F)F)c1)CC2. The molecule has 1 aromatic heterocycles. The molecule has 10 heteroatoms. The summed E-state index contributed by atoms with van der Waals surface area (Å²) in [5.41, 5.74) is 0.0340. The first kappa shape index (κ1) is 23.1. The average Bonchev–Trinajstić information content (AvgIpc) is 3.35. The Hall–Kier alpha value is -3.06. The summed E-state index contributed by atoms with van der Waals surface area (Å²) in [4.78, 5) is 16.9. The molecule has 176 valence electrons. The summed E-state index contributed by atoms with van der Waals surface area (Å²) in [5, 5.41) is 16.1. The zero-order chi connectivity index (χ0) is 23.8. The molecule has 1 N–H and O–H groups in total. The zero-order valence-corrected chi connectivity index (χ0v) is 18.7. The van der Waals surface area contributed by atoms with Crippen molar-refractivity contribution < 1.29 is 18.0 Å². The second-order valence-corrected chi connectivity index (χ2v) is 9.05. The van der Waals surface area contributed by atoms with Crippen LogP contribution in [0.3, 0.4) is 0 Å². The number of likely N-dealkylation sites (tertiary alicyclic amines) is 1. The lowest BCUT2D eigenvalue weighted by Crippen LogP contribution is -2.48. The second-order valence-electron chi connectivity index (χ2n) is 9.05. The number of hydrogen-bond donors (Lipinski definition) is 1. The minimum atomic E-state index is -4.58. The first-order valence-electron chi connectivity index (χ1n) is 10.9. The Morgan fingerprint density at radius 2 is 2.06 bits per heavy atom. The van der Waals surface area contributed by atoms with Crippen molar-refractivity contribution in [3.63, 3.8) is 0 Å². The number of nitriles is 1. The van der Waals surface area contributed by atoms with E-state index in [1.54, 1.807) is 23.9 Å². The quantitative estimate of drug-likeness (QED) is 0.759. The molecule has 1 spiro atoms. The summed E-state index contributed by atoms with van der Waals surface area (Å²) in [6, 6.07) is 5.51. The van der Waals surface area contributed by atoms with Crippen LogP contribution in [0.2, 0.25) is 0 Å². The van der Waals surface area contributed by atoms with Crippen LogP contribution in [0, 0.1) is 22.7 Å². The molecule has 1 atom stereocenters. The van der Waals surface area contributed by atoms with E-state index in [0.29, 0.717) is 44.7 Å². The lowest BCUT2D eigenvalue weighted by molar-refractivity contribution is -0.137. The first-order valence-corrected chi connectivity index (χ1v) is 10.9. The summed E-state index contributed by atoms with van der Waals surface area (Å²) < 4.78 is 42.0. The molecular formula is C23H27F3N6O. The molecule has 2 aromatic rings. The van der Waals surface area contributed by atoms with Crippen LogP contribution in [0.4, 0.5) is 18.9 Å². The van der Waals surface area contributed by atoms with Gasteiger partial charge in [-0.3, -0.25) is 14.4 Å². The van der Waals surface area contributed by atoms with E-state index in [1.165, 1.54) is 6.07 Å². The molecule has 1 aromatic carbocycles. The number of piperidine rings is 1. The van der Waals surface area contributed by atoms with E-state index in [2.05, 4.69) is 15.3 Å². The minimum absolute atomic E-state index is 0.00914. The molecule has 2 aliphatic heterocycles. The lowest BCUT2D eigenvalue weighted by atomic mass is 9.70. The standard InChI is InChI=1S/C23H27F3N6O/c1-28-21(33)20-14-31(13-16-11-29-30(2)12-16)15-22(20)5-7-32(8-6-22)18-4-3-17(10-27)19(9-18)23(24,25)26/h3-4,9,11-12,20H,5-8,13-15H2,1-2H3,(H,28,33). The summed E-state index contributed by atoms with van der Waals surface area (Å²) in [6.07, 6.45) is 0.615. The van der Waals surface area contributed by atoms with Crippen molar-refractivity contribution in [3.8, 4) is 6.07 Å². The summed E-state index contributed by atoms with van der Waals surface area (Å²) in [7, 11) is 3.51. The molecular weight excluding hydrogens is 433 g/mol. The predicted octanol–water partition coefficient (Wildman–Crippen LogP) is 2.78. The largest absolute Gasteiger partial charge is 0.417 e. The number of hydrogen-bond acceptors (Lipinski definition) is 5. The average molecular weight is 461 g/mol. The number of rotatable bonds is 4. The maximum absolute atomic E-state index is 13.4. The number of alkyl halides is 3. The monoisotopic (exact) mass is 460 g/mol. The van der Waals surface area contributed by atoms with Crippen molar-refractivity contribution in [3.05, 3.63) is 47.3 Å². The Balaban J connectivity index is 1.51. The van der Waals surface area contributed by atoms with E-state index in [-0.39, 0.29) is 22.8 Å². The highest BCUT2D eigenvalue weighted by atomic mass is 19.4. The molecule has 33 heavy (non-hydrogen) atoms. The molecule has 7 nitrogen and oxygen atoms in total. The number of halogens is 3. The summed E-state index contributed by atoms with van der Waals surface area (Å²) in [5.74, 6) is -0.164. The van der Waals surface area contributed by atoms with E-state index in [1.807, 2.05) is 24.3 Å². The Morgan fingerprint density at radius 3 is 2.64 bits per heavy atom. The molecule has 0 radical (unpaired) electrons. The molecule has 1 amide bonds. The number of nitrogens with one attached hydrogen (secondary N) is 1. The van der Waals surface area contributed by atoms with Crippen LogP contribution in [0.15, 0.2) is 30.6 Å². The normalized spacial score (nSPS) is 20.7. The van der Waals surface area contributed by atoms with E-state index in [9.17, 15) is 18.0 Å². The second kappa shape index (κ2) is 8.71. The number of nitrogens with zero attached hydrogens (tertiary/aromatic N) is 5. The molecule has 0 bridgehead atoms. The van der Waals surface area contributed by atoms with Crippen molar-refractivity contribution in [1.29, 1.82) is 5.26 Å². The number of amides is 1. The Bertz CT molecular complexity index is 1060. The van der Waals surface area contributed by atoms with Gasteiger partial charge in [0.1, 0.15) is 0 Å². The highest BCUT2D eigenvalue weighted by Crippen LogP contribution is 2.46. The van der Waals surface area contributed by atoms with Gasteiger partial charge in [0.15, 0.2) is 0 Å². The zero-order valence-electron chi connectivity index (χ0n) is 18.7. The number of carbonyl (C=O) groups excluding carboxylic acids is 1. The van der Waals surface area contributed by atoms with Gasteiger partial charge in [-0.15, -0.1) is 0 Å². The van der Waals surface area contributed by atoms with Gasteiger partial charge in [0.25, 0.3) is 0 Å². The highest BCUT2D eigenvalue weighted by Gasteiger charge is 2.51. The van der Waals surface area contributed by atoms with Crippen LogP contribution in [0.5, 0.6) is 0 Å². The number of carbonyl (C=O) groups is 1. The van der Waals surface area contributed by atoms with E-state index in [0.717, 1.165) is 18.2 Å². The minimum Gasteiger partial charge on any atom is -0.371 e. The van der Waals surface area contributed by atoms with E-state index in [4.69, 9.17) is 5.26 Å². The van der Waals surface area contributed by atoms with Gasteiger partial charge >= 0.3 is 6.18 Å². The molecule has 2 saturated heterocycles. The molecule has 0 aliphatic carbocycles. The van der Waals surface area contributed by atoms with E-state index >= 15 is 0 Å². The van der Waals surface area contributed by atoms with Crippen LogP contribution >= 0.6 is 0 Å². The van der Waals surface area contributed by atoms with Crippen LogP contribution in [0.25, 0.3) is 0 Å². The summed E-state index contributed by atoms with van der Waals surface area (Å²) in [6.45, 7) is 3.21. The fourth-order valence-electron chi connectivity index (χ4n) is 5.32. The third-order valence-corrected chi connectivity index (χ3v) is 7.00. The van der Waals surface area contributed by atoms with Crippen LogP contribution < -0.4 is 10.2 Å². The molecule has 0 saturated carbocycles. The highest BCUT2D eigenvalue weighted by molar-refractivity contribution is 5.80.